The predicted molar refractivity (Wildman–Crippen MR) is 93.1 cm³/mol. The van der Waals surface area contributed by atoms with Gasteiger partial charge in [-0.1, -0.05) is 0 Å². The Morgan fingerprint density at radius 1 is 0.750 bits per heavy atom. The normalized spacial score (nSPS) is 20.3. The van der Waals surface area contributed by atoms with Gasteiger partial charge in [0.25, 0.3) is 0 Å². The van der Waals surface area contributed by atoms with E-state index in [0.29, 0.717) is 6.04 Å². The molecule has 7 heteroatoms. The quantitative estimate of drug-likeness (QED) is 0.836. The maximum atomic E-state index is 4.41. The van der Waals surface area contributed by atoms with E-state index < -0.39 is 0 Å². The molecule has 0 spiro atoms. The Morgan fingerprint density at radius 3 is 2.17 bits per heavy atom. The van der Waals surface area contributed by atoms with Crippen LogP contribution in [0.2, 0.25) is 0 Å². The third-order valence-corrected chi connectivity index (χ3v) is 5.00. The van der Waals surface area contributed by atoms with Gasteiger partial charge in [0.1, 0.15) is 5.82 Å². The molecular weight excluding hydrogens is 302 g/mol. The monoisotopic (exact) mass is 325 g/mol. The van der Waals surface area contributed by atoms with Gasteiger partial charge in [0.05, 0.1) is 6.20 Å². The lowest BCUT2D eigenvalue weighted by Gasteiger charge is -2.43. The molecule has 0 atom stereocenters. The van der Waals surface area contributed by atoms with Crippen molar-refractivity contribution in [3.8, 4) is 0 Å². The van der Waals surface area contributed by atoms with Crippen molar-refractivity contribution in [2.75, 3.05) is 49.1 Å². The third-order valence-electron chi connectivity index (χ3n) is 5.00. The lowest BCUT2D eigenvalue weighted by atomic mass is 10.0. The molecule has 2 aromatic rings. The molecule has 2 fully saturated rings. The largest absolute Gasteiger partial charge is 0.353 e. The number of piperidine rings is 1. The van der Waals surface area contributed by atoms with E-state index in [-0.39, 0.29) is 0 Å². The van der Waals surface area contributed by atoms with Gasteiger partial charge in [-0.15, -0.1) is 0 Å². The zero-order chi connectivity index (χ0) is 16.2. The molecule has 7 nitrogen and oxygen atoms in total. The van der Waals surface area contributed by atoms with E-state index in [2.05, 4.69) is 34.6 Å². The Bertz CT molecular complexity index is 562. The Hall–Kier alpha value is -2.28. The topological polar surface area (TPSA) is 61.3 Å². The number of nitrogens with zero attached hydrogens (tertiary/aromatic N) is 7. The van der Waals surface area contributed by atoms with Crippen molar-refractivity contribution in [3.05, 3.63) is 37.1 Å². The molecule has 0 N–H and O–H groups in total. The van der Waals surface area contributed by atoms with E-state index in [9.17, 15) is 0 Å². The van der Waals surface area contributed by atoms with Crippen LogP contribution in [-0.4, -0.2) is 70.1 Å². The highest BCUT2D eigenvalue weighted by atomic mass is 15.3. The number of hydrogen-bond acceptors (Lipinski definition) is 7. The first kappa shape index (κ1) is 15.3. The lowest BCUT2D eigenvalue weighted by molar-refractivity contribution is 0.159. The SMILES string of the molecule is c1cnc(N2CCC(N3CCN(c4cnccn4)CC3)CC2)nc1. The molecule has 2 aliphatic rings. The summed E-state index contributed by atoms with van der Waals surface area (Å²) in [7, 11) is 0. The van der Waals surface area contributed by atoms with Gasteiger partial charge in [0, 0.05) is 70.1 Å². The van der Waals surface area contributed by atoms with Crippen LogP contribution in [0.3, 0.4) is 0 Å². The summed E-state index contributed by atoms with van der Waals surface area (Å²) < 4.78 is 0. The standard InChI is InChI=1S/C17H23N7/c1-4-20-17(21-5-1)24-8-2-15(3-9-24)22-10-12-23(13-11-22)16-14-18-6-7-19-16/h1,4-7,14-15H,2-3,8-13H2. The highest BCUT2D eigenvalue weighted by Gasteiger charge is 2.28. The van der Waals surface area contributed by atoms with Gasteiger partial charge in [-0.05, 0) is 18.9 Å². The first-order valence-corrected chi connectivity index (χ1v) is 8.67. The van der Waals surface area contributed by atoms with Crippen LogP contribution < -0.4 is 9.80 Å². The number of anilines is 2. The summed E-state index contributed by atoms with van der Waals surface area (Å²) in [5, 5.41) is 0. The molecule has 0 aromatic carbocycles. The Labute approximate surface area is 142 Å². The molecule has 0 aliphatic carbocycles. The van der Waals surface area contributed by atoms with Crippen molar-refractivity contribution in [1.29, 1.82) is 0 Å². The first-order chi connectivity index (χ1) is 11.9. The lowest BCUT2D eigenvalue weighted by Crippen LogP contribution is -2.53. The molecule has 126 valence electrons. The van der Waals surface area contributed by atoms with Crippen molar-refractivity contribution in [1.82, 2.24) is 24.8 Å². The van der Waals surface area contributed by atoms with Crippen LogP contribution in [0, 0.1) is 0 Å². The van der Waals surface area contributed by atoms with Crippen molar-refractivity contribution in [2.24, 2.45) is 0 Å². The molecule has 24 heavy (non-hydrogen) atoms. The summed E-state index contributed by atoms with van der Waals surface area (Å²) in [6.07, 6.45) is 11.4. The molecule has 0 unspecified atom stereocenters. The zero-order valence-corrected chi connectivity index (χ0v) is 13.8. The van der Waals surface area contributed by atoms with Gasteiger partial charge in [-0.3, -0.25) is 9.88 Å². The van der Waals surface area contributed by atoms with Crippen LogP contribution in [0.4, 0.5) is 11.8 Å². The Balaban J connectivity index is 1.28. The molecule has 0 bridgehead atoms. The fourth-order valence-corrected chi connectivity index (χ4v) is 3.66. The molecule has 2 aliphatic heterocycles. The minimum Gasteiger partial charge on any atom is -0.353 e. The van der Waals surface area contributed by atoms with E-state index >= 15 is 0 Å². The summed E-state index contributed by atoms with van der Waals surface area (Å²) in [5.41, 5.74) is 0. The first-order valence-electron chi connectivity index (χ1n) is 8.67. The second-order valence-corrected chi connectivity index (χ2v) is 6.35. The van der Waals surface area contributed by atoms with Crippen LogP contribution in [0.25, 0.3) is 0 Å². The maximum absolute atomic E-state index is 4.41. The molecule has 4 rings (SSSR count). The van der Waals surface area contributed by atoms with Gasteiger partial charge < -0.3 is 9.80 Å². The highest BCUT2D eigenvalue weighted by molar-refractivity contribution is 5.35. The molecule has 4 heterocycles. The van der Waals surface area contributed by atoms with Crippen molar-refractivity contribution >= 4 is 11.8 Å². The zero-order valence-electron chi connectivity index (χ0n) is 13.8. The van der Waals surface area contributed by atoms with E-state index in [4.69, 9.17) is 0 Å². The van der Waals surface area contributed by atoms with Crippen molar-refractivity contribution in [3.63, 3.8) is 0 Å². The van der Waals surface area contributed by atoms with Gasteiger partial charge >= 0.3 is 0 Å². The molecule has 0 radical (unpaired) electrons. The predicted octanol–water partition coefficient (Wildman–Crippen LogP) is 1.06. The average molecular weight is 325 g/mol. The number of aromatic nitrogens is 4. The van der Waals surface area contributed by atoms with Gasteiger partial charge in [-0.25, -0.2) is 15.0 Å². The minimum atomic E-state index is 0.675. The summed E-state index contributed by atoms with van der Waals surface area (Å²) >= 11 is 0. The fourth-order valence-electron chi connectivity index (χ4n) is 3.66. The van der Waals surface area contributed by atoms with Gasteiger partial charge in [0.2, 0.25) is 5.95 Å². The van der Waals surface area contributed by atoms with E-state index in [1.54, 1.807) is 12.4 Å². The Kier molecular flexibility index (Phi) is 4.51. The Morgan fingerprint density at radius 2 is 1.50 bits per heavy atom. The third kappa shape index (κ3) is 3.31. The highest BCUT2D eigenvalue weighted by Crippen LogP contribution is 2.21. The second kappa shape index (κ2) is 7.09. The fraction of sp³-hybridized carbons (Fsp3) is 0.529. The van der Waals surface area contributed by atoms with E-state index in [1.165, 1.54) is 12.8 Å². The summed E-state index contributed by atoms with van der Waals surface area (Å²) in [4.78, 5) is 24.6. The molecule has 0 amide bonds. The maximum Gasteiger partial charge on any atom is 0.225 e. The smallest absolute Gasteiger partial charge is 0.225 e. The number of rotatable bonds is 3. The minimum absolute atomic E-state index is 0.675. The van der Waals surface area contributed by atoms with E-state index in [0.717, 1.165) is 51.0 Å². The molecule has 2 aromatic heterocycles. The van der Waals surface area contributed by atoms with Gasteiger partial charge in [0.15, 0.2) is 0 Å². The summed E-state index contributed by atoms with van der Waals surface area (Å²) in [6, 6.07) is 2.54. The summed E-state index contributed by atoms with van der Waals surface area (Å²) in [6.45, 7) is 6.34. The van der Waals surface area contributed by atoms with Crippen LogP contribution in [0.15, 0.2) is 37.1 Å². The second-order valence-electron chi connectivity index (χ2n) is 6.35. The number of hydrogen-bond donors (Lipinski definition) is 0. The van der Waals surface area contributed by atoms with Crippen molar-refractivity contribution < 1.29 is 0 Å². The summed E-state index contributed by atoms with van der Waals surface area (Å²) in [5.74, 6) is 1.86. The van der Waals surface area contributed by atoms with Crippen LogP contribution in [-0.2, 0) is 0 Å². The van der Waals surface area contributed by atoms with Crippen LogP contribution in [0.5, 0.6) is 0 Å². The van der Waals surface area contributed by atoms with E-state index in [1.807, 2.05) is 24.7 Å². The van der Waals surface area contributed by atoms with Crippen molar-refractivity contribution in [2.45, 2.75) is 18.9 Å². The number of piperazine rings is 1. The molecule has 2 saturated heterocycles. The van der Waals surface area contributed by atoms with Crippen LogP contribution in [0.1, 0.15) is 12.8 Å². The average Bonchev–Trinajstić information content (AvgIpc) is 2.70. The molecular formula is C17H23N7. The van der Waals surface area contributed by atoms with Crippen LogP contribution >= 0.6 is 0 Å². The van der Waals surface area contributed by atoms with Gasteiger partial charge in [-0.2, -0.15) is 0 Å². The molecule has 0 saturated carbocycles.